The summed E-state index contributed by atoms with van der Waals surface area (Å²) in [6.45, 7) is 7.41. The van der Waals surface area contributed by atoms with E-state index in [1.165, 1.54) is 28.6 Å². The molecule has 3 heterocycles. The van der Waals surface area contributed by atoms with Gasteiger partial charge < -0.3 is 9.80 Å². The molecule has 7 heteroatoms. The second-order valence-electron chi connectivity index (χ2n) is 7.28. The molecule has 1 aromatic carbocycles. The van der Waals surface area contributed by atoms with Gasteiger partial charge in [-0.25, -0.2) is 9.97 Å². The molecule has 1 aliphatic rings. The van der Waals surface area contributed by atoms with Crippen molar-refractivity contribution in [3.63, 3.8) is 0 Å². The van der Waals surface area contributed by atoms with Gasteiger partial charge in [0.2, 0.25) is 5.91 Å². The first-order valence-corrected chi connectivity index (χ1v) is 10.8. The van der Waals surface area contributed by atoms with Gasteiger partial charge in [0, 0.05) is 56.4 Å². The number of amides is 1. The fraction of sp³-hybridized carbons (Fsp3) is 0.318. The van der Waals surface area contributed by atoms with Crippen molar-refractivity contribution in [2.75, 3.05) is 36.8 Å². The van der Waals surface area contributed by atoms with Crippen molar-refractivity contribution in [2.24, 2.45) is 0 Å². The van der Waals surface area contributed by atoms with E-state index < -0.39 is 0 Å². The van der Waals surface area contributed by atoms with Crippen LogP contribution in [0.3, 0.4) is 0 Å². The van der Waals surface area contributed by atoms with E-state index in [2.05, 4.69) is 63.6 Å². The number of thioether (sulfide) groups is 1. The van der Waals surface area contributed by atoms with Gasteiger partial charge in [-0.2, -0.15) is 0 Å². The van der Waals surface area contributed by atoms with Gasteiger partial charge in [-0.1, -0.05) is 23.9 Å². The van der Waals surface area contributed by atoms with Gasteiger partial charge in [0.15, 0.2) is 17.6 Å². The lowest BCUT2D eigenvalue weighted by Crippen LogP contribution is -2.49. The molecule has 1 saturated heterocycles. The van der Waals surface area contributed by atoms with Crippen molar-refractivity contribution in [1.29, 1.82) is 0 Å². The van der Waals surface area contributed by atoms with Gasteiger partial charge in [0.05, 0.1) is 11.4 Å². The lowest BCUT2D eigenvalue weighted by Gasteiger charge is -2.35. The normalized spacial score (nSPS) is 14.3. The third-order valence-electron chi connectivity index (χ3n) is 5.25. The molecule has 0 spiro atoms. The van der Waals surface area contributed by atoms with Crippen LogP contribution in [0.25, 0.3) is 5.69 Å². The topological polar surface area (TPSA) is 55.5 Å². The summed E-state index contributed by atoms with van der Waals surface area (Å²) in [4.78, 5) is 24.6. The third kappa shape index (κ3) is 4.45. The quantitative estimate of drug-likeness (QED) is 0.609. The number of piperazine rings is 1. The van der Waals surface area contributed by atoms with Crippen LogP contribution in [0.1, 0.15) is 11.1 Å². The van der Waals surface area contributed by atoms with E-state index in [1.807, 2.05) is 23.5 Å². The Hall–Kier alpha value is -2.80. The summed E-state index contributed by atoms with van der Waals surface area (Å²) in [5.41, 5.74) is 4.71. The number of rotatable bonds is 5. The van der Waals surface area contributed by atoms with E-state index in [9.17, 15) is 4.79 Å². The molecule has 1 fully saturated rings. The second-order valence-corrected chi connectivity index (χ2v) is 8.23. The molecule has 0 unspecified atom stereocenters. The first-order valence-electron chi connectivity index (χ1n) is 9.84. The Morgan fingerprint density at radius 2 is 1.86 bits per heavy atom. The molecule has 1 N–H and O–H groups in total. The Morgan fingerprint density at radius 1 is 1.10 bits per heavy atom. The van der Waals surface area contributed by atoms with E-state index in [-0.39, 0.29) is 5.91 Å². The highest BCUT2D eigenvalue weighted by atomic mass is 32.2. The Morgan fingerprint density at radius 3 is 2.62 bits per heavy atom. The summed E-state index contributed by atoms with van der Waals surface area (Å²) in [6.07, 6.45) is 7.62. The first-order chi connectivity index (χ1) is 14.1. The molecule has 2 aromatic heterocycles. The number of hydrogen-bond donors (Lipinski definition) is 0. The van der Waals surface area contributed by atoms with Crippen LogP contribution in [-0.2, 0) is 4.79 Å². The maximum absolute atomic E-state index is 12.7. The van der Waals surface area contributed by atoms with Gasteiger partial charge >= 0.3 is 0 Å². The number of nitrogens with zero attached hydrogens (tertiary/aromatic N) is 4. The zero-order valence-corrected chi connectivity index (χ0v) is 17.7. The minimum absolute atomic E-state index is 0.173. The Balaban J connectivity index is 1.35. The number of aromatic amines is 1. The second kappa shape index (κ2) is 8.69. The highest BCUT2D eigenvalue weighted by Crippen LogP contribution is 2.24. The number of anilines is 1. The molecular formula is C22H26N5OS+. The largest absolute Gasteiger partial charge is 0.368 e. The smallest absolute Gasteiger partial charge is 0.233 e. The molecule has 1 aliphatic heterocycles. The Bertz CT molecular complexity index is 980. The van der Waals surface area contributed by atoms with Crippen molar-refractivity contribution >= 4 is 23.4 Å². The molecule has 4 rings (SSSR count). The fourth-order valence-corrected chi connectivity index (χ4v) is 4.45. The van der Waals surface area contributed by atoms with E-state index in [0.717, 1.165) is 37.0 Å². The number of benzene rings is 1. The number of H-pyrrole nitrogens is 1. The van der Waals surface area contributed by atoms with Crippen molar-refractivity contribution in [3.05, 3.63) is 66.2 Å². The first kappa shape index (κ1) is 19.5. The van der Waals surface area contributed by atoms with Crippen LogP contribution in [0.2, 0.25) is 0 Å². The van der Waals surface area contributed by atoms with Crippen LogP contribution < -0.4 is 9.88 Å². The van der Waals surface area contributed by atoms with Crippen molar-refractivity contribution in [1.82, 2.24) is 14.5 Å². The van der Waals surface area contributed by atoms with E-state index >= 15 is 0 Å². The summed E-state index contributed by atoms with van der Waals surface area (Å²) >= 11 is 1.50. The Kier molecular flexibility index (Phi) is 5.85. The molecule has 6 nitrogen and oxygen atoms in total. The van der Waals surface area contributed by atoms with Gasteiger partial charge in [-0.15, -0.1) is 0 Å². The highest BCUT2D eigenvalue weighted by molar-refractivity contribution is 7.99. The standard InChI is InChI=1S/C22H25N5OS/c1-17-3-4-18(2)20(15-17)27-10-9-24-22(27)29-16-21(28)26-13-11-25(12-14-26)19-5-7-23-8-6-19/h3-10,15H,11-14,16H2,1-2H3/p+1. The van der Waals surface area contributed by atoms with Crippen molar-refractivity contribution < 1.29 is 9.78 Å². The average Bonchev–Trinajstić information content (AvgIpc) is 3.23. The van der Waals surface area contributed by atoms with Gasteiger partial charge in [0.25, 0.3) is 0 Å². The molecule has 150 valence electrons. The number of carbonyl (C=O) groups excluding carboxylic acids is 1. The maximum Gasteiger partial charge on any atom is 0.233 e. The molecule has 0 atom stereocenters. The summed E-state index contributed by atoms with van der Waals surface area (Å²) in [5.74, 6) is 0.578. The number of hydrogen-bond acceptors (Lipinski definition) is 4. The molecule has 0 saturated carbocycles. The number of carbonyl (C=O) groups is 1. The SMILES string of the molecule is Cc1ccc(C)c(-n2ccnc2SCC(=O)N2CCN(c3cc[nH+]cc3)CC2)c1. The molecule has 1 amide bonds. The van der Waals surface area contributed by atoms with Crippen LogP contribution in [0.15, 0.2) is 60.3 Å². The number of aryl methyl sites for hydroxylation is 2. The van der Waals surface area contributed by atoms with Crippen LogP contribution in [0.4, 0.5) is 5.69 Å². The van der Waals surface area contributed by atoms with Crippen LogP contribution in [0, 0.1) is 13.8 Å². The summed E-state index contributed by atoms with van der Waals surface area (Å²) in [5, 5.41) is 0.853. The zero-order chi connectivity index (χ0) is 20.2. The number of imidazole rings is 1. The maximum atomic E-state index is 12.7. The molecule has 0 aliphatic carbocycles. The van der Waals surface area contributed by atoms with Crippen molar-refractivity contribution in [3.8, 4) is 5.69 Å². The summed E-state index contributed by atoms with van der Waals surface area (Å²) in [7, 11) is 0. The van der Waals surface area contributed by atoms with Gasteiger partial charge in [0.1, 0.15) is 0 Å². The monoisotopic (exact) mass is 408 g/mol. The lowest BCUT2D eigenvalue weighted by molar-refractivity contribution is -0.377. The molecule has 0 radical (unpaired) electrons. The minimum Gasteiger partial charge on any atom is -0.368 e. The molecular weight excluding hydrogens is 382 g/mol. The molecule has 3 aromatic rings. The van der Waals surface area contributed by atoms with Crippen molar-refractivity contribution in [2.45, 2.75) is 19.0 Å². The highest BCUT2D eigenvalue weighted by Gasteiger charge is 2.22. The lowest BCUT2D eigenvalue weighted by atomic mass is 10.1. The predicted octanol–water partition coefficient (Wildman–Crippen LogP) is 2.74. The summed E-state index contributed by atoms with van der Waals surface area (Å²) < 4.78 is 2.07. The van der Waals surface area contributed by atoms with Crippen LogP contribution >= 0.6 is 11.8 Å². The number of pyridine rings is 1. The number of aromatic nitrogens is 3. The van der Waals surface area contributed by atoms with Gasteiger partial charge in [-0.3, -0.25) is 9.36 Å². The third-order valence-corrected chi connectivity index (χ3v) is 6.21. The zero-order valence-electron chi connectivity index (χ0n) is 16.8. The number of nitrogens with one attached hydrogen (secondary N) is 1. The average molecular weight is 409 g/mol. The van der Waals surface area contributed by atoms with E-state index in [1.54, 1.807) is 6.20 Å². The Labute approximate surface area is 175 Å². The van der Waals surface area contributed by atoms with E-state index in [0.29, 0.717) is 5.75 Å². The van der Waals surface area contributed by atoms with Gasteiger partial charge in [-0.05, 0) is 31.0 Å². The summed E-state index contributed by atoms with van der Waals surface area (Å²) in [6, 6.07) is 10.5. The van der Waals surface area contributed by atoms with E-state index in [4.69, 9.17) is 0 Å². The van der Waals surface area contributed by atoms with Crippen LogP contribution in [0.5, 0.6) is 0 Å². The molecule has 29 heavy (non-hydrogen) atoms. The molecule has 0 bridgehead atoms. The minimum atomic E-state index is 0.173. The predicted molar refractivity (Wildman–Crippen MR) is 116 cm³/mol. The van der Waals surface area contributed by atoms with Crippen LogP contribution in [-0.4, -0.2) is 52.3 Å². The fourth-order valence-electron chi connectivity index (χ4n) is 3.58.